The fraction of sp³-hybridized carbons (Fsp3) is 0.462. The largest absolute Gasteiger partial charge is 0.328 e. The Hall–Kier alpha value is -2.06. The molecule has 1 amide bonds. The number of rotatable bonds is 4. The number of hydrogen-bond donors (Lipinski definition) is 2. The van der Waals surface area contributed by atoms with Gasteiger partial charge in [0.05, 0.1) is 23.2 Å². The van der Waals surface area contributed by atoms with E-state index in [9.17, 15) is 19.3 Å². The van der Waals surface area contributed by atoms with Crippen molar-refractivity contribution in [3.63, 3.8) is 0 Å². The lowest BCUT2D eigenvalue weighted by atomic mass is 10.1. The summed E-state index contributed by atoms with van der Waals surface area (Å²) in [6.45, 7) is 1.62. The first-order chi connectivity index (χ1) is 9.95. The van der Waals surface area contributed by atoms with Gasteiger partial charge in [-0.2, -0.15) is 0 Å². The van der Waals surface area contributed by atoms with Crippen molar-refractivity contribution in [2.45, 2.75) is 18.9 Å². The van der Waals surface area contributed by atoms with Gasteiger partial charge >= 0.3 is 0 Å². The maximum Gasteiger partial charge on any atom is 0.272 e. The number of nitro groups is 1. The van der Waals surface area contributed by atoms with Crippen LogP contribution < -0.4 is 11.1 Å². The first-order valence-electron chi connectivity index (χ1n) is 6.67. The van der Waals surface area contributed by atoms with Crippen LogP contribution in [0.2, 0.25) is 0 Å². The van der Waals surface area contributed by atoms with Gasteiger partial charge in [0.2, 0.25) is 5.91 Å². The third-order valence-electron chi connectivity index (χ3n) is 3.44. The quantitative estimate of drug-likeness (QED) is 0.640. The summed E-state index contributed by atoms with van der Waals surface area (Å²) in [6.07, 6.45) is 1.67. The minimum Gasteiger partial charge on any atom is -0.328 e. The van der Waals surface area contributed by atoms with E-state index < -0.39 is 10.7 Å². The zero-order chi connectivity index (χ0) is 15.4. The molecule has 0 radical (unpaired) electrons. The lowest BCUT2D eigenvalue weighted by molar-refractivity contribution is -0.385. The van der Waals surface area contributed by atoms with Crippen molar-refractivity contribution in [3.05, 3.63) is 34.1 Å². The summed E-state index contributed by atoms with van der Waals surface area (Å²) < 4.78 is 13.7. The Kier molecular flexibility index (Phi) is 4.81. The predicted molar refractivity (Wildman–Crippen MR) is 75.3 cm³/mol. The smallest absolute Gasteiger partial charge is 0.272 e. The third-order valence-corrected chi connectivity index (χ3v) is 3.44. The van der Waals surface area contributed by atoms with E-state index in [2.05, 4.69) is 5.32 Å². The van der Waals surface area contributed by atoms with Crippen LogP contribution >= 0.6 is 0 Å². The molecule has 1 heterocycles. The number of likely N-dealkylation sites (tertiary alicyclic amines) is 1. The highest BCUT2D eigenvalue weighted by atomic mass is 19.1. The van der Waals surface area contributed by atoms with Crippen molar-refractivity contribution in [2.75, 3.05) is 25.0 Å². The molecule has 0 aromatic heterocycles. The predicted octanol–water partition coefficient (Wildman–Crippen LogP) is 1.10. The topological polar surface area (TPSA) is 102 Å². The van der Waals surface area contributed by atoms with Gasteiger partial charge in [-0.05, 0) is 18.9 Å². The molecule has 1 aliphatic rings. The minimum absolute atomic E-state index is 0.0562. The van der Waals surface area contributed by atoms with E-state index in [0.29, 0.717) is 0 Å². The van der Waals surface area contributed by atoms with Crippen molar-refractivity contribution in [3.8, 4) is 0 Å². The van der Waals surface area contributed by atoms with E-state index in [1.165, 1.54) is 6.07 Å². The summed E-state index contributed by atoms with van der Waals surface area (Å²) in [5.41, 5.74) is 5.37. The average molecular weight is 296 g/mol. The Morgan fingerprint density at radius 3 is 2.71 bits per heavy atom. The number of halogens is 1. The standard InChI is InChI=1S/C13H17FN4O3/c14-11-7-10(18(20)21)1-2-12(11)16-13(19)8-17-5-3-9(15)4-6-17/h1-2,7,9H,3-6,8,15H2,(H,16,19). The van der Waals surface area contributed by atoms with E-state index in [0.717, 1.165) is 38.1 Å². The van der Waals surface area contributed by atoms with Gasteiger partial charge in [0, 0.05) is 25.2 Å². The second-order valence-electron chi connectivity index (χ2n) is 5.08. The highest BCUT2D eigenvalue weighted by molar-refractivity contribution is 5.92. The molecule has 0 saturated carbocycles. The molecule has 3 N–H and O–H groups in total. The van der Waals surface area contributed by atoms with Crippen LogP contribution in [-0.4, -0.2) is 41.4 Å². The zero-order valence-corrected chi connectivity index (χ0v) is 11.4. The molecule has 1 aromatic rings. The molecule has 1 aliphatic heterocycles. The first kappa shape index (κ1) is 15.3. The molecule has 0 bridgehead atoms. The maximum atomic E-state index is 13.7. The van der Waals surface area contributed by atoms with Gasteiger partial charge in [0.25, 0.3) is 5.69 Å². The van der Waals surface area contributed by atoms with Gasteiger partial charge in [0.1, 0.15) is 0 Å². The molecule has 21 heavy (non-hydrogen) atoms. The van der Waals surface area contributed by atoms with Crippen LogP contribution in [0.3, 0.4) is 0 Å². The maximum absolute atomic E-state index is 13.7. The van der Waals surface area contributed by atoms with Gasteiger partial charge in [-0.1, -0.05) is 0 Å². The molecule has 1 saturated heterocycles. The van der Waals surface area contributed by atoms with Crippen molar-refractivity contribution < 1.29 is 14.1 Å². The van der Waals surface area contributed by atoms with Gasteiger partial charge in [-0.15, -0.1) is 0 Å². The van der Waals surface area contributed by atoms with E-state index >= 15 is 0 Å². The zero-order valence-electron chi connectivity index (χ0n) is 11.4. The Balaban J connectivity index is 1.92. The number of carbonyl (C=O) groups is 1. The number of amides is 1. The summed E-state index contributed by atoms with van der Waals surface area (Å²) in [5, 5.41) is 12.9. The molecular formula is C13H17FN4O3. The molecule has 2 rings (SSSR count). The van der Waals surface area contributed by atoms with Crippen LogP contribution in [0.1, 0.15) is 12.8 Å². The molecule has 0 atom stereocenters. The Morgan fingerprint density at radius 2 is 2.14 bits per heavy atom. The summed E-state index contributed by atoms with van der Waals surface area (Å²) >= 11 is 0. The van der Waals surface area contributed by atoms with Gasteiger partial charge in [-0.3, -0.25) is 19.8 Å². The summed E-state index contributed by atoms with van der Waals surface area (Å²) in [7, 11) is 0. The molecule has 0 spiro atoms. The SMILES string of the molecule is NC1CCN(CC(=O)Nc2ccc([N+](=O)[O-])cc2F)CC1. The number of anilines is 1. The van der Waals surface area contributed by atoms with Crippen LogP contribution in [0.15, 0.2) is 18.2 Å². The number of carbonyl (C=O) groups excluding carboxylic acids is 1. The summed E-state index contributed by atoms with van der Waals surface area (Å²) in [5.74, 6) is -1.17. The Bertz CT molecular complexity index is 544. The Morgan fingerprint density at radius 1 is 1.48 bits per heavy atom. The number of hydrogen-bond acceptors (Lipinski definition) is 5. The fourth-order valence-electron chi connectivity index (χ4n) is 2.22. The van der Waals surface area contributed by atoms with Crippen molar-refractivity contribution >= 4 is 17.3 Å². The number of nitrogens with two attached hydrogens (primary N) is 1. The molecule has 114 valence electrons. The van der Waals surface area contributed by atoms with Gasteiger partial charge in [0.15, 0.2) is 5.82 Å². The highest BCUT2D eigenvalue weighted by Crippen LogP contribution is 2.20. The average Bonchev–Trinajstić information content (AvgIpc) is 2.43. The Labute approximate surface area is 121 Å². The summed E-state index contributed by atoms with van der Waals surface area (Å²) in [6, 6.07) is 3.31. The molecule has 7 nitrogen and oxygen atoms in total. The van der Waals surface area contributed by atoms with E-state index in [4.69, 9.17) is 5.73 Å². The number of nitrogens with zero attached hydrogens (tertiary/aromatic N) is 2. The molecule has 1 fully saturated rings. The molecule has 0 aliphatic carbocycles. The molecule has 8 heteroatoms. The fourth-order valence-corrected chi connectivity index (χ4v) is 2.22. The minimum atomic E-state index is -0.821. The van der Waals surface area contributed by atoms with Crippen molar-refractivity contribution in [1.82, 2.24) is 4.90 Å². The number of benzene rings is 1. The molecule has 1 aromatic carbocycles. The van der Waals surface area contributed by atoms with E-state index in [-0.39, 0.29) is 29.9 Å². The van der Waals surface area contributed by atoms with Crippen LogP contribution in [0.4, 0.5) is 15.8 Å². The van der Waals surface area contributed by atoms with Crippen LogP contribution in [-0.2, 0) is 4.79 Å². The number of non-ortho nitro benzene ring substituents is 1. The van der Waals surface area contributed by atoms with Gasteiger partial charge in [-0.25, -0.2) is 4.39 Å². The van der Waals surface area contributed by atoms with Gasteiger partial charge < -0.3 is 11.1 Å². The molecular weight excluding hydrogens is 279 g/mol. The van der Waals surface area contributed by atoms with E-state index in [1.807, 2.05) is 4.90 Å². The van der Waals surface area contributed by atoms with Crippen LogP contribution in [0.25, 0.3) is 0 Å². The van der Waals surface area contributed by atoms with E-state index in [1.54, 1.807) is 0 Å². The number of piperidine rings is 1. The lowest BCUT2D eigenvalue weighted by Gasteiger charge is -2.29. The lowest BCUT2D eigenvalue weighted by Crippen LogP contribution is -2.43. The monoisotopic (exact) mass is 296 g/mol. The number of nitro benzene ring substituents is 1. The van der Waals surface area contributed by atoms with Crippen LogP contribution in [0, 0.1) is 15.9 Å². The second-order valence-corrected chi connectivity index (χ2v) is 5.08. The van der Waals surface area contributed by atoms with Crippen LogP contribution in [0.5, 0.6) is 0 Å². The highest BCUT2D eigenvalue weighted by Gasteiger charge is 2.19. The van der Waals surface area contributed by atoms with Crippen molar-refractivity contribution in [2.24, 2.45) is 5.73 Å². The first-order valence-corrected chi connectivity index (χ1v) is 6.67. The normalized spacial score (nSPS) is 16.7. The third kappa shape index (κ3) is 4.20. The molecule has 0 unspecified atom stereocenters. The number of nitrogens with one attached hydrogen (secondary N) is 1. The van der Waals surface area contributed by atoms with Crippen molar-refractivity contribution in [1.29, 1.82) is 0 Å². The summed E-state index contributed by atoms with van der Waals surface area (Å²) in [4.78, 5) is 23.6. The second kappa shape index (κ2) is 6.59.